The van der Waals surface area contributed by atoms with E-state index in [4.69, 9.17) is 0 Å². The third kappa shape index (κ3) is 3.48. The van der Waals surface area contributed by atoms with Crippen LogP contribution < -0.4 is 10.2 Å². The van der Waals surface area contributed by atoms with E-state index < -0.39 is 0 Å². The molecule has 0 spiro atoms. The maximum absolute atomic E-state index is 9.17. The molecule has 19 heavy (non-hydrogen) atoms. The van der Waals surface area contributed by atoms with Crippen LogP contribution in [0.5, 0.6) is 0 Å². The van der Waals surface area contributed by atoms with Gasteiger partial charge in [0.2, 0.25) is 0 Å². The van der Waals surface area contributed by atoms with E-state index >= 15 is 0 Å². The minimum Gasteiger partial charge on any atom is -0.396 e. The van der Waals surface area contributed by atoms with Gasteiger partial charge in [0.05, 0.1) is 0 Å². The highest BCUT2D eigenvalue weighted by atomic mass is 16.3. The van der Waals surface area contributed by atoms with Crippen LogP contribution in [0.4, 0.5) is 5.69 Å². The fourth-order valence-corrected chi connectivity index (χ4v) is 2.85. The zero-order valence-corrected chi connectivity index (χ0v) is 12.3. The molecule has 0 bridgehead atoms. The van der Waals surface area contributed by atoms with Crippen molar-refractivity contribution in [2.45, 2.75) is 45.7 Å². The summed E-state index contributed by atoms with van der Waals surface area (Å²) in [6.07, 6.45) is 1.98. The van der Waals surface area contributed by atoms with Gasteiger partial charge in [0.25, 0.3) is 0 Å². The Kier molecular flexibility index (Phi) is 4.83. The molecule has 0 amide bonds. The number of aliphatic hydroxyl groups excluding tert-OH is 1. The van der Waals surface area contributed by atoms with Gasteiger partial charge in [0.1, 0.15) is 0 Å². The summed E-state index contributed by atoms with van der Waals surface area (Å²) in [6, 6.07) is 7.58. The fraction of sp³-hybridized carbons (Fsp3) is 0.625. The molecule has 1 aliphatic rings. The van der Waals surface area contributed by atoms with Gasteiger partial charge in [-0.3, -0.25) is 0 Å². The first-order valence-electron chi connectivity index (χ1n) is 7.30. The standard InChI is InChI=1S/C16H26N2O/c1-12-4-5-13(2)16(10-12)18-11-15(7-9-19)17-8-6-14(18)3/h4-5,10,14-15,17,19H,6-9,11H2,1-3H3. The van der Waals surface area contributed by atoms with Gasteiger partial charge in [0, 0.05) is 30.9 Å². The highest BCUT2D eigenvalue weighted by Gasteiger charge is 2.23. The van der Waals surface area contributed by atoms with Gasteiger partial charge in [-0.25, -0.2) is 0 Å². The second-order valence-corrected chi connectivity index (χ2v) is 5.74. The Labute approximate surface area is 116 Å². The van der Waals surface area contributed by atoms with Crippen LogP contribution in [0.15, 0.2) is 18.2 Å². The molecule has 2 unspecified atom stereocenters. The molecule has 106 valence electrons. The molecular weight excluding hydrogens is 236 g/mol. The summed E-state index contributed by atoms with van der Waals surface area (Å²) in [6.45, 7) is 8.90. The monoisotopic (exact) mass is 262 g/mol. The van der Waals surface area contributed by atoms with E-state index in [1.807, 2.05) is 0 Å². The summed E-state index contributed by atoms with van der Waals surface area (Å²) >= 11 is 0. The Hall–Kier alpha value is -1.06. The molecule has 1 heterocycles. The van der Waals surface area contributed by atoms with Crippen LogP contribution in [0.25, 0.3) is 0 Å². The van der Waals surface area contributed by atoms with E-state index in [1.165, 1.54) is 16.8 Å². The molecule has 0 aliphatic carbocycles. The highest BCUT2D eigenvalue weighted by Crippen LogP contribution is 2.26. The SMILES string of the molecule is Cc1ccc(C)c(N2CC(CCO)NCCC2C)c1. The topological polar surface area (TPSA) is 35.5 Å². The number of nitrogens with zero attached hydrogens (tertiary/aromatic N) is 1. The lowest BCUT2D eigenvalue weighted by atomic mass is 10.1. The number of anilines is 1. The summed E-state index contributed by atoms with van der Waals surface area (Å²) in [4.78, 5) is 2.50. The number of hydrogen-bond acceptors (Lipinski definition) is 3. The number of aryl methyl sites for hydroxylation is 2. The molecule has 1 aromatic rings. The Morgan fingerprint density at radius 1 is 1.37 bits per heavy atom. The van der Waals surface area contributed by atoms with Crippen LogP contribution in [0.1, 0.15) is 30.9 Å². The quantitative estimate of drug-likeness (QED) is 0.877. The molecular formula is C16H26N2O. The lowest BCUT2D eigenvalue weighted by molar-refractivity contribution is 0.267. The number of hydrogen-bond donors (Lipinski definition) is 2. The van der Waals surface area contributed by atoms with E-state index in [9.17, 15) is 5.11 Å². The van der Waals surface area contributed by atoms with Gasteiger partial charge in [-0.2, -0.15) is 0 Å². The molecule has 1 aliphatic heterocycles. The zero-order chi connectivity index (χ0) is 13.8. The molecule has 3 heteroatoms. The molecule has 0 saturated carbocycles. The summed E-state index contributed by atoms with van der Waals surface area (Å²) in [7, 11) is 0. The predicted molar refractivity (Wildman–Crippen MR) is 80.8 cm³/mol. The van der Waals surface area contributed by atoms with Gasteiger partial charge < -0.3 is 15.3 Å². The van der Waals surface area contributed by atoms with Crippen molar-refractivity contribution in [2.75, 3.05) is 24.6 Å². The summed E-state index contributed by atoms with van der Waals surface area (Å²) in [5.41, 5.74) is 3.99. The number of aliphatic hydroxyl groups is 1. The van der Waals surface area contributed by atoms with Gasteiger partial charge in [-0.15, -0.1) is 0 Å². The van der Waals surface area contributed by atoms with E-state index in [2.05, 4.69) is 49.2 Å². The predicted octanol–water partition coefficient (Wildman–Crippen LogP) is 2.24. The largest absolute Gasteiger partial charge is 0.396 e. The van der Waals surface area contributed by atoms with Gasteiger partial charge in [-0.05, 0) is 57.4 Å². The molecule has 0 aromatic heterocycles. The van der Waals surface area contributed by atoms with Crippen molar-refractivity contribution in [1.82, 2.24) is 5.32 Å². The molecule has 2 atom stereocenters. The van der Waals surface area contributed by atoms with Gasteiger partial charge in [-0.1, -0.05) is 12.1 Å². The molecule has 0 radical (unpaired) electrons. The van der Waals surface area contributed by atoms with Crippen LogP contribution in [-0.4, -0.2) is 36.9 Å². The van der Waals surface area contributed by atoms with E-state index in [0.29, 0.717) is 12.1 Å². The normalized spacial score (nSPS) is 24.3. The van der Waals surface area contributed by atoms with Crippen LogP contribution in [0.3, 0.4) is 0 Å². The van der Waals surface area contributed by atoms with Crippen LogP contribution in [-0.2, 0) is 0 Å². The Balaban J connectivity index is 2.25. The minimum absolute atomic E-state index is 0.257. The van der Waals surface area contributed by atoms with E-state index in [1.54, 1.807) is 0 Å². The van der Waals surface area contributed by atoms with Crippen molar-refractivity contribution < 1.29 is 5.11 Å². The maximum Gasteiger partial charge on any atom is 0.0446 e. The van der Waals surface area contributed by atoms with E-state index in [0.717, 1.165) is 25.9 Å². The second-order valence-electron chi connectivity index (χ2n) is 5.74. The lowest BCUT2D eigenvalue weighted by Gasteiger charge is -2.33. The van der Waals surface area contributed by atoms with Crippen LogP contribution >= 0.6 is 0 Å². The molecule has 1 aromatic carbocycles. The van der Waals surface area contributed by atoms with E-state index in [-0.39, 0.29) is 6.61 Å². The first-order chi connectivity index (χ1) is 9.11. The second kappa shape index (κ2) is 6.40. The van der Waals surface area contributed by atoms with Gasteiger partial charge in [0.15, 0.2) is 0 Å². The van der Waals surface area contributed by atoms with Crippen molar-refractivity contribution in [3.8, 4) is 0 Å². The lowest BCUT2D eigenvalue weighted by Crippen LogP contribution is -2.41. The molecule has 1 saturated heterocycles. The average Bonchev–Trinajstić information content (AvgIpc) is 2.55. The van der Waals surface area contributed by atoms with Crippen molar-refractivity contribution in [2.24, 2.45) is 0 Å². The number of rotatable bonds is 3. The zero-order valence-electron chi connectivity index (χ0n) is 12.3. The Morgan fingerprint density at radius 2 is 2.16 bits per heavy atom. The first-order valence-corrected chi connectivity index (χ1v) is 7.30. The smallest absolute Gasteiger partial charge is 0.0446 e. The van der Waals surface area contributed by atoms with Crippen molar-refractivity contribution in [3.63, 3.8) is 0 Å². The summed E-state index contributed by atoms with van der Waals surface area (Å²) in [5, 5.41) is 12.7. The fourth-order valence-electron chi connectivity index (χ4n) is 2.85. The summed E-state index contributed by atoms with van der Waals surface area (Å²) in [5.74, 6) is 0. The highest BCUT2D eigenvalue weighted by molar-refractivity contribution is 5.56. The average molecular weight is 262 g/mol. The number of nitrogens with one attached hydrogen (secondary N) is 1. The Bertz CT molecular complexity index is 419. The molecule has 1 fully saturated rings. The third-order valence-electron chi connectivity index (χ3n) is 4.10. The molecule has 2 rings (SSSR count). The van der Waals surface area contributed by atoms with Crippen molar-refractivity contribution in [1.29, 1.82) is 0 Å². The third-order valence-corrected chi connectivity index (χ3v) is 4.10. The van der Waals surface area contributed by atoms with Crippen molar-refractivity contribution >= 4 is 5.69 Å². The van der Waals surface area contributed by atoms with Crippen LogP contribution in [0.2, 0.25) is 0 Å². The number of benzene rings is 1. The molecule has 2 N–H and O–H groups in total. The molecule has 3 nitrogen and oxygen atoms in total. The minimum atomic E-state index is 0.257. The van der Waals surface area contributed by atoms with Gasteiger partial charge >= 0.3 is 0 Å². The first kappa shape index (κ1) is 14.4. The Morgan fingerprint density at radius 3 is 2.89 bits per heavy atom. The van der Waals surface area contributed by atoms with Crippen LogP contribution in [0, 0.1) is 13.8 Å². The maximum atomic E-state index is 9.17. The van der Waals surface area contributed by atoms with Crippen molar-refractivity contribution in [3.05, 3.63) is 29.3 Å². The summed E-state index contributed by atoms with van der Waals surface area (Å²) < 4.78 is 0.